The van der Waals surface area contributed by atoms with Gasteiger partial charge in [-0.3, -0.25) is 4.68 Å². The topological polar surface area (TPSA) is 75.3 Å². The van der Waals surface area contributed by atoms with E-state index in [9.17, 15) is 9.90 Å². The highest BCUT2D eigenvalue weighted by atomic mass is 16.4. The van der Waals surface area contributed by atoms with Gasteiger partial charge in [0, 0.05) is 12.5 Å². The van der Waals surface area contributed by atoms with Crippen LogP contribution in [0.5, 0.6) is 0 Å². The zero-order valence-electron chi connectivity index (χ0n) is 8.77. The van der Waals surface area contributed by atoms with E-state index in [1.165, 1.54) is 0 Å². The Bertz CT molecular complexity index is 387. The summed E-state index contributed by atoms with van der Waals surface area (Å²) in [6, 6.07) is 0. The standard InChI is InChI=1S/C10H14N2O3/c1-6-5-11-12(2)7(6)10(3-4-10)8(13)9(14)15/h5,8,13H,3-4H2,1-2H3,(H,14,15). The van der Waals surface area contributed by atoms with Gasteiger partial charge in [-0.25, -0.2) is 4.79 Å². The molecule has 1 aromatic heterocycles. The van der Waals surface area contributed by atoms with Gasteiger partial charge in [-0.05, 0) is 25.3 Å². The van der Waals surface area contributed by atoms with Crippen LogP contribution in [0.3, 0.4) is 0 Å². The number of carboxylic acid groups (broad SMARTS) is 1. The van der Waals surface area contributed by atoms with Gasteiger partial charge < -0.3 is 10.2 Å². The van der Waals surface area contributed by atoms with Crippen molar-refractivity contribution in [3.05, 3.63) is 17.5 Å². The Labute approximate surface area is 87.3 Å². The second-order valence-corrected chi connectivity index (χ2v) is 4.20. The number of aliphatic hydroxyl groups is 1. The zero-order chi connectivity index (χ0) is 11.2. The summed E-state index contributed by atoms with van der Waals surface area (Å²) < 4.78 is 1.66. The van der Waals surface area contributed by atoms with Crippen molar-refractivity contribution >= 4 is 5.97 Å². The molecule has 1 unspecified atom stereocenters. The lowest BCUT2D eigenvalue weighted by molar-refractivity contribution is -0.148. The average molecular weight is 210 g/mol. The molecule has 2 rings (SSSR count). The fourth-order valence-electron chi connectivity index (χ4n) is 2.27. The zero-order valence-corrected chi connectivity index (χ0v) is 8.77. The lowest BCUT2D eigenvalue weighted by Gasteiger charge is -2.20. The number of hydrogen-bond acceptors (Lipinski definition) is 3. The molecule has 0 radical (unpaired) electrons. The molecule has 1 fully saturated rings. The summed E-state index contributed by atoms with van der Waals surface area (Å²) in [6.45, 7) is 1.89. The van der Waals surface area contributed by atoms with Gasteiger partial charge in [0.15, 0.2) is 6.10 Å². The van der Waals surface area contributed by atoms with Crippen molar-refractivity contribution < 1.29 is 15.0 Å². The smallest absolute Gasteiger partial charge is 0.333 e. The van der Waals surface area contributed by atoms with Crippen LogP contribution in [0, 0.1) is 6.92 Å². The van der Waals surface area contributed by atoms with Gasteiger partial charge in [0.25, 0.3) is 0 Å². The maximum absolute atomic E-state index is 10.8. The Kier molecular flexibility index (Phi) is 2.08. The molecule has 0 amide bonds. The third-order valence-electron chi connectivity index (χ3n) is 3.14. The minimum absolute atomic E-state index is 0.610. The molecule has 82 valence electrons. The molecule has 5 nitrogen and oxygen atoms in total. The monoisotopic (exact) mass is 210 g/mol. The predicted octanol–water partition coefficient (Wildman–Crippen LogP) is 0.206. The Hall–Kier alpha value is -1.36. The normalized spacial score (nSPS) is 19.9. The molecule has 0 spiro atoms. The lowest BCUT2D eigenvalue weighted by atomic mass is 9.92. The van der Waals surface area contributed by atoms with Crippen molar-refractivity contribution in [1.29, 1.82) is 0 Å². The van der Waals surface area contributed by atoms with E-state index >= 15 is 0 Å². The van der Waals surface area contributed by atoms with Crippen molar-refractivity contribution in [1.82, 2.24) is 9.78 Å². The molecule has 1 aliphatic carbocycles. The van der Waals surface area contributed by atoms with E-state index in [0.717, 1.165) is 11.3 Å². The fourth-order valence-corrected chi connectivity index (χ4v) is 2.27. The van der Waals surface area contributed by atoms with E-state index in [2.05, 4.69) is 5.10 Å². The molecular weight excluding hydrogens is 196 g/mol. The van der Waals surface area contributed by atoms with Crippen LogP contribution in [0.1, 0.15) is 24.1 Å². The minimum atomic E-state index is -1.33. The minimum Gasteiger partial charge on any atom is -0.479 e. The first-order valence-electron chi connectivity index (χ1n) is 4.89. The first-order chi connectivity index (χ1) is 6.99. The summed E-state index contributed by atoms with van der Waals surface area (Å²) in [7, 11) is 1.77. The summed E-state index contributed by atoms with van der Waals surface area (Å²) in [4.78, 5) is 10.8. The van der Waals surface area contributed by atoms with Gasteiger partial charge >= 0.3 is 5.97 Å². The summed E-state index contributed by atoms with van der Waals surface area (Å²) in [5.74, 6) is -1.16. The van der Waals surface area contributed by atoms with E-state index in [4.69, 9.17) is 5.11 Å². The number of rotatable bonds is 3. The highest BCUT2D eigenvalue weighted by molar-refractivity contribution is 5.75. The molecule has 1 aromatic rings. The van der Waals surface area contributed by atoms with Crippen LogP contribution in [0.15, 0.2) is 6.20 Å². The van der Waals surface area contributed by atoms with E-state index in [1.807, 2.05) is 6.92 Å². The van der Waals surface area contributed by atoms with Crippen molar-refractivity contribution in [2.24, 2.45) is 7.05 Å². The number of carboxylic acids is 1. The molecule has 0 saturated heterocycles. The van der Waals surface area contributed by atoms with Crippen LogP contribution >= 0.6 is 0 Å². The Morgan fingerprint density at radius 2 is 2.27 bits per heavy atom. The van der Waals surface area contributed by atoms with Crippen LogP contribution in [0.2, 0.25) is 0 Å². The number of aryl methyl sites for hydroxylation is 2. The average Bonchev–Trinajstić information content (AvgIpc) is 2.89. The molecule has 0 aliphatic heterocycles. The summed E-state index contributed by atoms with van der Waals surface area (Å²) in [6.07, 6.45) is 1.79. The summed E-state index contributed by atoms with van der Waals surface area (Å²) in [5.41, 5.74) is 1.17. The first kappa shape index (κ1) is 10.2. The Morgan fingerprint density at radius 3 is 2.60 bits per heavy atom. The molecule has 15 heavy (non-hydrogen) atoms. The van der Waals surface area contributed by atoms with Gasteiger partial charge in [-0.1, -0.05) is 0 Å². The van der Waals surface area contributed by atoms with Crippen molar-refractivity contribution in [2.75, 3.05) is 0 Å². The molecule has 1 aliphatic rings. The molecule has 1 heterocycles. The van der Waals surface area contributed by atoms with E-state index in [1.54, 1.807) is 17.9 Å². The van der Waals surface area contributed by atoms with Crippen molar-refractivity contribution in [3.63, 3.8) is 0 Å². The summed E-state index contributed by atoms with van der Waals surface area (Å²) in [5, 5.41) is 22.6. The number of nitrogens with zero attached hydrogens (tertiary/aromatic N) is 2. The van der Waals surface area contributed by atoms with Crippen LogP contribution in [0.25, 0.3) is 0 Å². The predicted molar refractivity (Wildman–Crippen MR) is 52.5 cm³/mol. The van der Waals surface area contributed by atoms with Gasteiger partial charge in [0.05, 0.1) is 11.9 Å². The maximum Gasteiger partial charge on any atom is 0.333 e. The van der Waals surface area contributed by atoms with E-state index in [0.29, 0.717) is 12.8 Å². The number of carbonyl (C=O) groups is 1. The largest absolute Gasteiger partial charge is 0.479 e. The fraction of sp³-hybridized carbons (Fsp3) is 0.600. The molecule has 0 bridgehead atoms. The molecule has 1 saturated carbocycles. The number of aliphatic hydroxyl groups excluding tert-OH is 1. The molecule has 2 N–H and O–H groups in total. The second kappa shape index (κ2) is 3.06. The lowest BCUT2D eigenvalue weighted by Crippen LogP contribution is -2.35. The van der Waals surface area contributed by atoms with Crippen molar-refractivity contribution in [2.45, 2.75) is 31.3 Å². The number of aliphatic carboxylic acids is 1. The van der Waals surface area contributed by atoms with Crippen LogP contribution in [0.4, 0.5) is 0 Å². The Morgan fingerprint density at radius 1 is 1.67 bits per heavy atom. The van der Waals surface area contributed by atoms with Gasteiger partial charge in [-0.15, -0.1) is 0 Å². The molecule has 1 atom stereocenters. The van der Waals surface area contributed by atoms with Gasteiger partial charge in [0.2, 0.25) is 0 Å². The third kappa shape index (κ3) is 1.34. The Balaban J connectivity index is 2.43. The van der Waals surface area contributed by atoms with Gasteiger partial charge in [0.1, 0.15) is 0 Å². The summed E-state index contributed by atoms with van der Waals surface area (Å²) >= 11 is 0. The van der Waals surface area contributed by atoms with Crippen LogP contribution in [-0.2, 0) is 17.3 Å². The number of aromatic nitrogens is 2. The molecular formula is C10H14N2O3. The van der Waals surface area contributed by atoms with Crippen LogP contribution in [-0.4, -0.2) is 32.1 Å². The SMILES string of the molecule is Cc1cnn(C)c1C1(C(O)C(=O)O)CC1. The third-order valence-corrected chi connectivity index (χ3v) is 3.14. The van der Waals surface area contributed by atoms with Gasteiger partial charge in [-0.2, -0.15) is 5.10 Å². The van der Waals surface area contributed by atoms with Crippen molar-refractivity contribution in [3.8, 4) is 0 Å². The number of hydrogen-bond donors (Lipinski definition) is 2. The quantitative estimate of drug-likeness (QED) is 0.747. The highest BCUT2D eigenvalue weighted by Gasteiger charge is 2.55. The van der Waals surface area contributed by atoms with E-state index < -0.39 is 17.5 Å². The highest BCUT2D eigenvalue weighted by Crippen LogP contribution is 2.51. The van der Waals surface area contributed by atoms with Crippen LogP contribution < -0.4 is 0 Å². The van der Waals surface area contributed by atoms with E-state index in [-0.39, 0.29) is 0 Å². The molecule has 5 heteroatoms. The maximum atomic E-state index is 10.8. The second-order valence-electron chi connectivity index (χ2n) is 4.20. The first-order valence-corrected chi connectivity index (χ1v) is 4.89. The molecule has 0 aromatic carbocycles.